The van der Waals surface area contributed by atoms with Crippen LogP contribution in [0.5, 0.6) is 0 Å². The third-order valence-corrected chi connectivity index (χ3v) is 5.73. The zero-order chi connectivity index (χ0) is 21.0. The Kier molecular flexibility index (Phi) is 20.4. The second-order valence-electron chi connectivity index (χ2n) is 6.94. The van der Waals surface area contributed by atoms with Crippen LogP contribution < -0.4 is 0 Å². The van der Waals surface area contributed by atoms with Gasteiger partial charge in [0.2, 0.25) is 0 Å². The lowest BCUT2D eigenvalue weighted by atomic mass is 10.1. The first-order chi connectivity index (χ1) is 13.5. The molecule has 0 aliphatic heterocycles. The van der Waals surface area contributed by atoms with Gasteiger partial charge >= 0.3 is 11.9 Å². The van der Waals surface area contributed by atoms with Crippen molar-refractivity contribution in [1.82, 2.24) is 0 Å². The van der Waals surface area contributed by atoms with E-state index in [0.29, 0.717) is 24.6 Å². The molecular formula is C20H34Cl4O4. The smallest absolute Gasteiger partial charge is 0.246 e. The zero-order valence-corrected chi connectivity index (χ0v) is 19.6. The Morgan fingerprint density at radius 3 is 1.14 bits per heavy atom. The van der Waals surface area contributed by atoms with Crippen LogP contribution in [0.1, 0.15) is 89.9 Å². The van der Waals surface area contributed by atoms with Crippen molar-refractivity contribution in [2.24, 2.45) is 0 Å². The van der Waals surface area contributed by atoms with E-state index in [0.717, 1.165) is 77.0 Å². The molecule has 0 saturated carbocycles. The fourth-order valence-corrected chi connectivity index (χ4v) is 3.43. The molecule has 0 aromatic heterocycles. The molecule has 0 amide bonds. The molecule has 0 aliphatic carbocycles. The molecule has 0 heterocycles. The average molecular weight is 480 g/mol. The van der Waals surface area contributed by atoms with Crippen LogP contribution in [-0.4, -0.2) is 34.5 Å². The summed E-state index contributed by atoms with van der Waals surface area (Å²) in [5, 5.41) is -1.64. The molecule has 0 N–H and O–H groups in total. The van der Waals surface area contributed by atoms with Gasteiger partial charge in [0, 0.05) is 11.8 Å². The maximum atomic E-state index is 11.8. The molecule has 28 heavy (non-hydrogen) atoms. The van der Waals surface area contributed by atoms with Crippen LogP contribution in [0, 0.1) is 0 Å². The van der Waals surface area contributed by atoms with Gasteiger partial charge in [-0.3, -0.25) is 0 Å². The van der Waals surface area contributed by atoms with Gasteiger partial charge in [-0.15, -0.1) is 46.4 Å². The summed E-state index contributed by atoms with van der Waals surface area (Å²) in [6, 6.07) is 0. The maximum absolute atomic E-state index is 11.8. The van der Waals surface area contributed by atoms with Crippen molar-refractivity contribution >= 4 is 58.3 Å². The van der Waals surface area contributed by atoms with Crippen molar-refractivity contribution in [2.45, 2.75) is 101 Å². The van der Waals surface area contributed by atoms with Gasteiger partial charge in [0.25, 0.3) is 0 Å². The van der Waals surface area contributed by atoms with Crippen molar-refractivity contribution in [2.75, 3.05) is 11.8 Å². The second-order valence-corrected chi connectivity index (χ2v) is 8.75. The van der Waals surface area contributed by atoms with E-state index in [1.807, 2.05) is 0 Å². The molecule has 0 saturated heterocycles. The zero-order valence-electron chi connectivity index (χ0n) is 16.6. The summed E-state index contributed by atoms with van der Waals surface area (Å²) >= 11 is 23.2. The topological polar surface area (TPSA) is 52.6 Å². The summed E-state index contributed by atoms with van der Waals surface area (Å²) in [5.74, 6) is -0.0976. The Labute approximate surface area is 189 Å². The van der Waals surface area contributed by atoms with Crippen molar-refractivity contribution in [3.8, 4) is 0 Å². The van der Waals surface area contributed by atoms with Gasteiger partial charge in [-0.05, 0) is 25.7 Å². The van der Waals surface area contributed by atoms with E-state index >= 15 is 0 Å². The van der Waals surface area contributed by atoms with Gasteiger partial charge in [0.1, 0.15) is 10.8 Å². The van der Waals surface area contributed by atoms with E-state index in [1.54, 1.807) is 0 Å². The quantitative estimate of drug-likeness (QED) is 0.0906. The molecule has 0 radical (unpaired) electrons. The molecule has 8 heteroatoms. The molecule has 0 aliphatic rings. The van der Waals surface area contributed by atoms with Crippen LogP contribution in [-0.2, 0) is 19.4 Å². The summed E-state index contributed by atoms with van der Waals surface area (Å²) < 4.78 is 0. The van der Waals surface area contributed by atoms with Crippen molar-refractivity contribution in [3.05, 3.63) is 0 Å². The first-order valence-electron chi connectivity index (χ1n) is 10.3. The van der Waals surface area contributed by atoms with Gasteiger partial charge in [-0.2, -0.15) is 0 Å². The summed E-state index contributed by atoms with van der Waals surface area (Å²) in [6.07, 6.45) is 13.4. The van der Waals surface area contributed by atoms with Gasteiger partial charge < -0.3 is 0 Å². The Bertz CT molecular complexity index is 360. The predicted molar refractivity (Wildman–Crippen MR) is 118 cm³/mol. The van der Waals surface area contributed by atoms with Gasteiger partial charge in [0.05, 0.1) is 0 Å². The number of unbranched alkanes of at least 4 members (excludes halogenated alkanes) is 10. The van der Waals surface area contributed by atoms with Crippen molar-refractivity contribution in [1.29, 1.82) is 0 Å². The highest BCUT2D eigenvalue weighted by Crippen LogP contribution is 2.16. The van der Waals surface area contributed by atoms with Gasteiger partial charge in [0.15, 0.2) is 0 Å². The lowest BCUT2D eigenvalue weighted by Gasteiger charge is -2.10. The Hall–Kier alpha value is 0.1000. The van der Waals surface area contributed by atoms with Crippen molar-refractivity contribution in [3.63, 3.8) is 0 Å². The van der Waals surface area contributed by atoms with Crippen LogP contribution in [0.25, 0.3) is 0 Å². The third kappa shape index (κ3) is 17.0. The number of hydrogen-bond acceptors (Lipinski definition) is 4. The largest absolute Gasteiger partial charge is 0.373 e. The Morgan fingerprint density at radius 1 is 0.536 bits per heavy atom. The van der Waals surface area contributed by atoms with E-state index in [-0.39, 0.29) is 0 Å². The van der Waals surface area contributed by atoms with Crippen LogP contribution in [0.2, 0.25) is 0 Å². The predicted octanol–water partition coefficient (Wildman–Crippen LogP) is 7.14. The average Bonchev–Trinajstić information content (AvgIpc) is 2.69. The molecule has 0 spiro atoms. The lowest BCUT2D eigenvalue weighted by Crippen LogP contribution is -2.24. The summed E-state index contributed by atoms with van der Waals surface area (Å²) in [6.45, 7) is 0. The normalized spacial score (nSPS) is 13.1. The molecule has 4 nitrogen and oxygen atoms in total. The Morgan fingerprint density at radius 2 is 0.821 bits per heavy atom. The number of halogens is 4. The lowest BCUT2D eigenvalue weighted by molar-refractivity contribution is -0.258. The van der Waals surface area contributed by atoms with E-state index in [1.165, 1.54) is 0 Å². The summed E-state index contributed by atoms with van der Waals surface area (Å²) in [4.78, 5) is 32.6. The number of rotatable bonds is 18. The van der Waals surface area contributed by atoms with E-state index in [2.05, 4.69) is 9.78 Å². The molecule has 0 aromatic carbocycles. The summed E-state index contributed by atoms with van der Waals surface area (Å²) in [5.41, 5.74) is 0. The first kappa shape index (κ1) is 28.1. The molecule has 2 unspecified atom stereocenters. The molecule has 0 bridgehead atoms. The number of carbonyl (C=O) groups is 2. The molecule has 0 fully saturated rings. The molecular weight excluding hydrogens is 446 g/mol. The second kappa shape index (κ2) is 20.4. The number of hydrogen-bond donors (Lipinski definition) is 0. The highest BCUT2D eigenvalue weighted by molar-refractivity contribution is 6.30. The minimum atomic E-state index is -0.822. The van der Waals surface area contributed by atoms with Crippen LogP contribution in [0.15, 0.2) is 0 Å². The molecule has 2 atom stereocenters. The third-order valence-electron chi connectivity index (χ3n) is 4.40. The van der Waals surface area contributed by atoms with Crippen LogP contribution in [0.3, 0.4) is 0 Å². The standard InChI is InChI=1S/C20H34Cl4O4/c21-15-11-7-3-1-5-9-13-17(23)19(25)27-28-20(26)18(24)14-10-6-2-4-8-12-16-22/h17-18H,1-16H2. The fourth-order valence-electron chi connectivity index (χ4n) is 2.67. The Balaban J connectivity index is 3.69. The van der Waals surface area contributed by atoms with Crippen LogP contribution in [0.4, 0.5) is 0 Å². The minimum Gasteiger partial charge on any atom is -0.246 e. The molecule has 0 rings (SSSR count). The minimum absolute atomic E-state index is 0.488. The van der Waals surface area contributed by atoms with E-state index < -0.39 is 22.7 Å². The SMILES string of the molecule is O=C(OOC(=O)C(Cl)CCCCCCCCCl)C(Cl)CCCCCCCCCl. The van der Waals surface area contributed by atoms with Gasteiger partial charge in [-0.1, -0.05) is 64.2 Å². The molecule has 0 aromatic rings. The van der Waals surface area contributed by atoms with Gasteiger partial charge in [-0.25, -0.2) is 19.4 Å². The molecule has 166 valence electrons. The first-order valence-corrected chi connectivity index (χ1v) is 12.3. The fraction of sp³-hybridized carbons (Fsp3) is 0.900. The highest BCUT2D eigenvalue weighted by Gasteiger charge is 2.23. The van der Waals surface area contributed by atoms with E-state index in [4.69, 9.17) is 46.4 Å². The maximum Gasteiger partial charge on any atom is 0.373 e. The highest BCUT2D eigenvalue weighted by atomic mass is 35.5. The van der Waals surface area contributed by atoms with Crippen molar-refractivity contribution < 1.29 is 19.4 Å². The van der Waals surface area contributed by atoms with E-state index in [9.17, 15) is 9.59 Å². The summed E-state index contributed by atoms with van der Waals surface area (Å²) in [7, 11) is 0. The monoisotopic (exact) mass is 478 g/mol. The number of carbonyl (C=O) groups excluding carboxylic acids is 2. The number of alkyl halides is 4. The van der Waals surface area contributed by atoms with Crippen LogP contribution >= 0.6 is 46.4 Å².